The number of aliphatic carboxylic acids is 1. The van der Waals surface area contributed by atoms with Gasteiger partial charge in [-0.3, -0.25) is 0 Å². The Morgan fingerprint density at radius 3 is 2.20 bits per heavy atom. The smallest absolute Gasteiger partial charge is 0.335 e. The molecular weight excluding hydrogens is 272 g/mol. The quantitative estimate of drug-likeness (QED) is 0.460. The fourth-order valence-corrected chi connectivity index (χ4v) is 1.81. The normalized spacial score (nSPS) is 33.6. The lowest BCUT2D eigenvalue weighted by Crippen LogP contribution is -2.61. The Labute approximate surface area is 113 Å². The van der Waals surface area contributed by atoms with E-state index in [4.69, 9.17) is 19.7 Å². The minimum atomic E-state index is -1.76. The Morgan fingerprint density at radius 2 is 1.65 bits per heavy atom. The van der Waals surface area contributed by atoms with Crippen LogP contribution in [0.5, 0.6) is 11.5 Å². The standard InChI is InChI=1S/C12H14O8/c13-5-1-3-6(4-2-5)19-12-9(16)7(14)8(15)10(20-12)11(17)18/h1-4,7-10,12-16H,(H,17,18)/t7-,8-,9+,10-,12+/m0/s1. The largest absolute Gasteiger partial charge is 0.508 e. The van der Waals surface area contributed by atoms with E-state index in [9.17, 15) is 20.1 Å². The van der Waals surface area contributed by atoms with Gasteiger partial charge in [-0.25, -0.2) is 4.79 Å². The lowest BCUT2D eigenvalue weighted by atomic mass is 9.99. The molecule has 1 aromatic rings. The predicted molar refractivity (Wildman–Crippen MR) is 63.1 cm³/mol. The van der Waals surface area contributed by atoms with Crippen LogP contribution in [-0.2, 0) is 9.53 Å². The zero-order chi connectivity index (χ0) is 14.9. The van der Waals surface area contributed by atoms with Crippen molar-refractivity contribution in [2.45, 2.75) is 30.7 Å². The maximum Gasteiger partial charge on any atom is 0.335 e. The second kappa shape index (κ2) is 5.63. The number of benzene rings is 1. The first-order valence-corrected chi connectivity index (χ1v) is 5.78. The molecule has 8 nitrogen and oxygen atoms in total. The predicted octanol–water partition coefficient (Wildman–Crippen LogP) is -1.34. The summed E-state index contributed by atoms with van der Waals surface area (Å²) < 4.78 is 10.1. The van der Waals surface area contributed by atoms with Gasteiger partial charge in [0.25, 0.3) is 0 Å². The highest BCUT2D eigenvalue weighted by Gasteiger charge is 2.48. The molecular formula is C12H14O8. The van der Waals surface area contributed by atoms with Gasteiger partial charge in [0.1, 0.15) is 29.8 Å². The number of phenols is 1. The van der Waals surface area contributed by atoms with Crippen LogP contribution in [0.3, 0.4) is 0 Å². The van der Waals surface area contributed by atoms with E-state index in [0.29, 0.717) is 0 Å². The van der Waals surface area contributed by atoms with Gasteiger partial charge < -0.3 is 35.0 Å². The highest BCUT2D eigenvalue weighted by Crippen LogP contribution is 2.25. The third kappa shape index (κ3) is 2.83. The molecule has 0 unspecified atom stereocenters. The van der Waals surface area contributed by atoms with E-state index < -0.39 is 36.7 Å². The summed E-state index contributed by atoms with van der Waals surface area (Å²) in [6, 6.07) is 5.40. The van der Waals surface area contributed by atoms with Crippen LogP contribution < -0.4 is 4.74 Å². The summed E-state index contributed by atoms with van der Waals surface area (Å²) in [5, 5.41) is 46.8. The fourth-order valence-electron chi connectivity index (χ4n) is 1.81. The van der Waals surface area contributed by atoms with E-state index >= 15 is 0 Å². The van der Waals surface area contributed by atoms with Gasteiger partial charge in [-0.2, -0.15) is 0 Å². The van der Waals surface area contributed by atoms with E-state index in [1.807, 2.05) is 0 Å². The number of hydrogen-bond acceptors (Lipinski definition) is 7. The zero-order valence-electron chi connectivity index (χ0n) is 10.2. The Kier molecular flexibility index (Phi) is 4.09. The van der Waals surface area contributed by atoms with Crippen LogP contribution >= 0.6 is 0 Å². The summed E-state index contributed by atoms with van der Waals surface area (Å²) >= 11 is 0. The third-order valence-corrected chi connectivity index (χ3v) is 2.90. The van der Waals surface area contributed by atoms with E-state index in [-0.39, 0.29) is 11.5 Å². The molecule has 0 radical (unpaired) electrons. The van der Waals surface area contributed by atoms with E-state index in [1.165, 1.54) is 24.3 Å². The Balaban J connectivity index is 2.13. The van der Waals surface area contributed by atoms with Crippen LogP contribution in [0.2, 0.25) is 0 Å². The number of carboxylic acids is 1. The number of aliphatic hydroxyl groups excluding tert-OH is 3. The molecule has 1 aromatic carbocycles. The molecule has 8 heteroatoms. The Hall–Kier alpha value is -1.87. The average Bonchev–Trinajstić information content (AvgIpc) is 2.41. The van der Waals surface area contributed by atoms with Crippen molar-refractivity contribution in [2.24, 2.45) is 0 Å². The lowest BCUT2D eigenvalue weighted by molar-refractivity contribution is -0.271. The summed E-state index contributed by atoms with van der Waals surface area (Å²) in [6.45, 7) is 0. The van der Waals surface area contributed by atoms with Crippen molar-refractivity contribution in [2.75, 3.05) is 0 Å². The molecule has 110 valence electrons. The molecule has 0 saturated carbocycles. The van der Waals surface area contributed by atoms with Gasteiger partial charge in [-0.15, -0.1) is 0 Å². The van der Waals surface area contributed by atoms with Crippen molar-refractivity contribution in [3.63, 3.8) is 0 Å². The maximum absolute atomic E-state index is 10.9. The third-order valence-electron chi connectivity index (χ3n) is 2.90. The molecule has 1 aliphatic rings. The van der Waals surface area contributed by atoms with Crippen LogP contribution in [0.25, 0.3) is 0 Å². The number of rotatable bonds is 3. The SMILES string of the molecule is O=C(O)[C@H]1O[C@@H](Oc2ccc(O)cc2)[C@H](O)[C@@H](O)[C@@H]1O. The van der Waals surface area contributed by atoms with Crippen molar-refractivity contribution >= 4 is 5.97 Å². The first-order chi connectivity index (χ1) is 9.40. The first kappa shape index (κ1) is 14.5. The van der Waals surface area contributed by atoms with Crippen molar-refractivity contribution in [1.29, 1.82) is 0 Å². The fraction of sp³-hybridized carbons (Fsp3) is 0.417. The molecule has 0 aliphatic carbocycles. The molecule has 1 fully saturated rings. The average molecular weight is 286 g/mol. The molecule has 1 saturated heterocycles. The highest BCUT2D eigenvalue weighted by atomic mass is 16.7. The maximum atomic E-state index is 10.9. The molecule has 0 amide bonds. The summed E-state index contributed by atoms with van der Waals surface area (Å²) in [5.41, 5.74) is 0. The van der Waals surface area contributed by atoms with Crippen LogP contribution in [0, 0.1) is 0 Å². The van der Waals surface area contributed by atoms with Gasteiger partial charge in [0.15, 0.2) is 6.10 Å². The molecule has 1 aliphatic heterocycles. The topological polar surface area (TPSA) is 137 Å². The summed E-state index contributed by atoms with van der Waals surface area (Å²) in [6.07, 6.45) is -8.27. The van der Waals surface area contributed by atoms with Crippen LogP contribution in [0.1, 0.15) is 0 Å². The van der Waals surface area contributed by atoms with Gasteiger partial charge in [0.2, 0.25) is 6.29 Å². The summed E-state index contributed by atoms with van der Waals surface area (Å²) in [7, 11) is 0. The van der Waals surface area contributed by atoms with Crippen LogP contribution in [-0.4, -0.2) is 62.2 Å². The van der Waals surface area contributed by atoms with Gasteiger partial charge in [0.05, 0.1) is 0 Å². The van der Waals surface area contributed by atoms with Crippen molar-refractivity contribution in [1.82, 2.24) is 0 Å². The first-order valence-electron chi connectivity index (χ1n) is 5.78. The van der Waals surface area contributed by atoms with Gasteiger partial charge in [-0.05, 0) is 24.3 Å². The minimum Gasteiger partial charge on any atom is -0.508 e. The summed E-state index contributed by atoms with van der Waals surface area (Å²) in [5.74, 6) is -1.29. The molecule has 2 rings (SSSR count). The van der Waals surface area contributed by atoms with Crippen molar-refractivity contribution < 1.29 is 39.8 Å². The zero-order valence-corrected chi connectivity index (χ0v) is 10.2. The van der Waals surface area contributed by atoms with Crippen LogP contribution in [0.15, 0.2) is 24.3 Å². The van der Waals surface area contributed by atoms with Gasteiger partial charge in [0, 0.05) is 0 Å². The molecule has 5 atom stereocenters. The molecule has 0 aromatic heterocycles. The molecule has 0 bridgehead atoms. The highest BCUT2D eigenvalue weighted by molar-refractivity contribution is 5.73. The number of aliphatic hydroxyl groups is 3. The van der Waals surface area contributed by atoms with E-state index in [0.717, 1.165) is 0 Å². The molecule has 1 heterocycles. The van der Waals surface area contributed by atoms with E-state index in [2.05, 4.69) is 0 Å². The monoisotopic (exact) mass is 286 g/mol. The second-order valence-electron chi connectivity index (χ2n) is 4.35. The minimum absolute atomic E-state index is 0.00123. The number of phenolic OH excluding ortho intramolecular Hbond substituents is 1. The van der Waals surface area contributed by atoms with Crippen molar-refractivity contribution in [3.05, 3.63) is 24.3 Å². The van der Waals surface area contributed by atoms with E-state index in [1.54, 1.807) is 0 Å². The number of ether oxygens (including phenoxy) is 2. The number of carboxylic acid groups (broad SMARTS) is 1. The van der Waals surface area contributed by atoms with Crippen molar-refractivity contribution in [3.8, 4) is 11.5 Å². The van der Waals surface area contributed by atoms with Gasteiger partial charge >= 0.3 is 5.97 Å². The Bertz CT molecular complexity index is 473. The summed E-state index contributed by atoms with van der Waals surface area (Å²) in [4.78, 5) is 10.9. The number of carbonyl (C=O) groups is 1. The second-order valence-corrected chi connectivity index (χ2v) is 4.35. The number of hydrogen-bond donors (Lipinski definition) is 5. The number of aromatic hydroxyl groups is 1. The lowest BCUT2D eigenvalue weighted by Gasteiger charge is -2.38. The molecule has 5 N–H and O–H groups in total. The van der Waals surface area contributed by atoms with Gasteiger partial charge in [-0.1, -0.05) is 0 Å². The molecule has 20 heavy (non-hydrogen) atoms. The molecule has 0 spiro atoms. The van der Waals surface area contributed by atoms with Crippen LogP contribution in [0.4, 0.5) is 0 Å². The Morgan fingerprint density at radius 1 is 1.05 bits per heavy atom.